The molecule has 1 heterocycles. The lowest BCUT2D eigenvalue weighted by Crippen LogP contribution is -2.48. The lowest BCUT2D eigenvalue weighted by Gasteiger charge is -2.35. The molecule has 1 saturated heterocycles. The Kier molecular flexibility index (Phi) is 5.38. The Bertz CT molecular complexity index is 586. The highest BCUT2D eigenvalue weighted by Gasteiger charge is 2.27. The van der Waals surface area contributed by atoms with Gasteiger partial charge in [-0.05, 0) is 32.2 Å². The van der Waals surface area contributed by atoms with E-state index in [0.29, 0.717) is 30.9 Å². The van der Waals surface area contributed by atoms with Gasteiger partial charge in [-0.25, -0.2) is 4.39 Å². The average molecular weight is 303 g/mol. The van der Waals surface area contributed by atoms with Crippen molar-refractivity contribution >= 4 is 36.2 Å². The second-order valence-corrected chi connectivity index (χ2v) is 5.30. The van der Waals surface area contributed by atoms with Crippen molar-refractivity contribution in [1.29, 1.82) is 0 Å². The van der Waals surface area contributed by atoms with Crippen molar-refractivity contribution in [2.24, 2.45) is 20.7 Å². The van der Waals surface area contributed by atoms with Gasteiger partial charge in [0.1, 0.15) is 11.9 Å². The first kappa shape index (κ1) is 16.3. The lowest BCUT2D eigenvalue weighted by molar-refractivity contribution is 0.269. The Labute approximate surface area is 130 Å². The summed E-state index contributed by atoms with van der Waals surface area (Å²) < 4.78 is 13.8. The van der Waals surface area contributed by atoms with E-state index in [1.807, 2.05) is 24.0 Å². The van der Waals surface area contributed by atoms with Gasteiger partial charge in [-0.15, -0.1) is 0 Å². The van der Waals surface area contributed by atoms with E-state index in [1.165, 1.54) is 0 Å². The van der Waals surface area contributed by atoms with E-state index in [-0.39, 0.29) is 6.04 Å². The van der Waals surface area contributed by atoms with Crippen LogP contribution in [0.3, 0.4) is 0 Å². The van der Waals surface area contributed by atoms with E-state index in [1.54, 1.807) is 19.5 Å². The Hall–Kier alpha value is -2.08. The highest BCUT2D eigenvalue weighted by atomic mass is 19.1. The third kappa shape index (κ3) is 3.39. The van der Waals surface area contributed by atoms with Gasteiger partial charge in [0.25, 0.3) is 0 Å². The van der Waals surface area contributed by atoms with Crippen LogP contribution in [-0.2, 0) is 0 Å². The summed E-state index contributed by atoms with van der Waals surface area (Å²) >= 11 is 0. The molecule has 118 valence electrons. The highest BCUT2D eigenvalue weighted by molar-refractivity contribution is 5.96. The van der Waals surface area contributed by atoms with Crippen molar-refractivity contribution in [1.82, 2.24) is 0 Å². The van der Waals surface area contributed by atoms with Gasteiger partial charge in [0, 0.05) is 44.2 Å². The number of nitrogens with zero attached hydrogens (tertiary/aromatic N) is 4. The summed E-state index contributed by atoms with van der Waals surface area (Å²) in [5.41, 5.74) is 8.92. The van der Waals surface area contributed by atoms with Gasteiger partial charge in [0.2, 0.25) is 0 Å². The number of rotatable bonds is 4. The summed E-state index contributed by atoms with van der Waals surface area (Å²) in [4.78, 5) is 14.5. The van der Waals surface area contributed by atoms with E-state index in [9.17, 15) is 4.39 Å². The Morgan fingerprint density at radius 3 is 2.73 bits per heavy atom. The second-order valence-electron chi connectivity index (χ2n) is 5.30. The summed E-state index contributed by atoms with van der Waals surface area (Å²) in [6.07, 6.45) is 2.88. The summed E-state index contributed by atoms with van der Waals surface area (Å²) in [7, 11) is 1.70. The third-order valence-corrected chi connectivity index (χ3v) is 3.62. The second kappa shape index (κ2) is 7.26. The van der Waals surface area contributed by atoms with Crippen LogP contribution in [0.25, 0.3) is 0 Å². The molecule has 1 aromatic rings. The molecule has 1 aromatic carbocycles. The number of anilines is 1. The van der Waals surface area contributed by atoms with Crippen LogP contribution >= 0.6 is 0 Å². The van der Waals surface area contributed by atoms with Gasteiger partial charge in [0.15, 0.2) is 0 Å². The first-order valence-electron chi connectivity index (χ1n) is 7.29. The lowest BCUT2D eigenvalue weighted by atomic mass is 10.0. The van der Waals surface area contributed by atoms with Gasteiger partial charge in [-0.3, -0.25) is 15.0 Å². The van der Waals surface area contributed by atoms with Crippen molar-refractivity contribution in [2.75, 3.05) is 25.0 Å². The maximum Gasteiger partial charge on any atom is 0.119 e. The standard InChI is InChI=1S/C16H22FN5/c1-4-21-15-11(8-19-2)5-6-14(16(15)20-3)22-9-12(17)7-13(18)10-22/h4-6,8,12-13H,3,7,9-10,18H2,1-2H3/t12-,13+/m1/s1. The molecule has 0 saturated carbocycles. The monoisotopic (exact) mass is 303 g/mol. The molecule has 0 aliphatic carbocycles. The molecule has 5 nitrogen and oxygen atoms in total. The number of halogens is 1. The molecule has 1 aliphatic rings. The minimum absolute atomic E-state index is 0.184. The molecule has 2 rings (SSSR count). The minimum atomic E-state index is -0.934. The summed E-state index contributed by atoms with van der Waals surface area (Å²) in [6, 6.07) is 3.63. The molecule has 22 heavy (non-hydrogen) atoms. The van der Waals surface area contributed by atoms with Crippen LogP contribution in [0.4, 0.5) is 21.5 Å². The molecule has 0 unspecified atom stereocenters. The van der Waals surface area contributed by atoms with Gasteiger partial charge in [-0.1, -0.05) is 0 Å². The van der Waals surface area contributed by atoms with E-state index in [4.69, 9.17) is 5.73 Å². The molecule has 0 amide bonds. The fraction of sp³-hybridized carbons (Fsp3) is 0.438. The molecule has 0 aromatic heterocycles. The minimum Gasteiger partial charge on any atom is -0.365 e. The van der Waals surface area contributed by atoms with E-state index in [0.717, 1.165) is 11.3 Å². The largest absolute Gasteiger partial charge is 0.365 e. The maximum atomic E-state index is 13.8. The molecule has 0 bridgehead atoms. The van der Waals surface area contributed by atoms with E-state index < -0.39 is 6.17 Å². The van der Waals surface area contributed by atoms with Crippen LogP contribution in [0.2, 0.25) is 0 Å². The summed E-state index contributed by atoms with van der Waals surface area (Å²) in [5.74, 6) is 0. The zero-order valence-corrected chi connectivity index (χ0v) is 13.0. The number of piperidine rings is 1. The normalized spacial score (nSPS) is 22.6. The number of alkyl halides is 1. The van der Waals surface area contributed by atoms with Crippen molar-refractivity contribution in [3.63, 3.8) is 0 Å². The summed E-state index contributed by atoms with van der Waals surface area (Å²) in [6.45, 7) is 6.39. The van der Waals surface area contributed by atoms with E-state index >= 15 is 0 Å². The van der Waals surface area contributed by atoms with Crippen molar-refractivity contribution in [3.8, 4) is 0 Å². The first-order valence-corrected chi connectivity index (χ1v) is 7.29. The van der Waals surface area contributed by atoms with Gasteiger partial charge < -0.3 is 10.6 Å². The van der Waals surface area contributed by atoms with Gasteiger partial charge in [0.05, 0.1) is 11.4 Å². The molecule has 2 atom stereocenters. The first-order chi connectivity index (χ1) is 10.6. The summed E-state index contributed by atoms with van der Waals surface area (Å²) in [5, 5.41) is 0. The smallest absolute Gasteiger partial charge is 0.119 e. The average Bonchev–Trinajstić information content (AvgIpc) is 2.48. The van der Waals surface area contributed by atoms with Crippen molar-refractivity contribution in [2.45, 2.75) is 25.6 Å². The zero-order chi connectivity index (χ0) is 16.1. The Morgan fingerprint density at radius 2 is 2.14 bits per heavy atom. The van der Waals surface area contributed by atoms with Crippen molar-refractivity contribution in [3.05, 3.63) is 17.7 Å². The third-order valence-electron chi connectivity index (χ3n) is 3.62. The Balaban J connectivity index is 2.52. The van der Waals surface area contributed by atoms with Crippen molar-refractivity contribution < 1.29 is 4.39 Å². The number of hydrogen-bond donors (Lipinski definition) is 1. The number of benzene rings is 1. The van der Waals surface area contributed by atoms with Gasteiger partial charge in [-0.2, -0.15) is 0 Å². The van der Waals surface area contributed by atoms with Crippen LogP contribution in [0.1, 0.15) is 18.9 Å². The van der Waals surface area contributed by atoms with Crippen LogP contribution in [0.5, 0.6) is 0 Å². The Morgan fingerprint density at radius 1 is 1.36 bits per heavy atom. The van der Waals surface area contributed by atoms with Crippen LogP contribution in [0, 0.1) is 0 Å². The van der Waals surface area contributed by atoms with Crippen LogP contribution in [-0.4, -0.2) is 51.5 Å². The zero-order valence-electron chi connectivity index (χ0n) is 13.0. The quantitative estimate of drug-likeness (QED) is 0.869. The number of nitrogens with two attached hydrogens (primary N) is 1. The van der Waals surface area contributed by atoms with Gasteiger partial charge >= 0.3 is 0 Å². The molecule has 1 aliphatic heterocycles. The van der Waals surface area contributed by atoms with E-state index in [2.05, 4.69) is 21.7 Å². The predicted molar refractivity (Wildman–Crippen MR) is 92.7 cm³/mol. The molecule has 2 N–H and O–H groups in total. The maximum absolute atomic E-state index is 13.8. The van der Waals surface area contributed by atoms with Crippen LogP contribution < -0.4 is 10.6 Å². The molecule has 0 spiro atoms. The predicted octanol–water partition coefficient (Wildman–Crippen LogP) is 2.67. The molecule has 0 radical (unpaired) electrons. The molecule has 1 fully saturated rings. The molecular formula is C16H22FN5. The SMILES string of the molecule is C=Nc1c(N2C[C@@H](N)C[C@@H](F)C2)ccc(C=NC)c1N=CC. The highest BCUT2D eigenvalue weighted by Crippen LogP contribution is 2.40. The fourth-order valence-electron chi connectivity index (χ4n) is 2.77. The number of aliphatic imine (C=N–C) groups is 3. The topological polar surface area (TPSA) is 66.3 Å². The van der Waals surface area contributed by atoms with Crippen LogP contribution in [0.15, 0.2) is 27.1 Å². The molecule has 6 heteroatoms. The number of hydrogen-bond acceptors (Lipinski definition) is 5. The fourth-order valence-corrected chi connectivity index (χ4v) is 2.77. The molecular weight excluding hydrogens is 281 g/mol.